The maximum absolute atomic E-state index is 13.6. The maximum atomic E-state index is 13.6. The Balaban J connectivity index is 1.22. The van der Waals surface area contributed by atoms with E-state index < -0.39 is 29.6 Å². The van der Waals surface area contributed by atoms with E-state index in [1.165, 1.54) is 24.4 Å². The fraction of sp³-hybridized carbons (Fsp3) is 0.214. The first-order valence-corrected chi connectivity index (χ1v) is 12.4. The Bertz CT molecular complexity index is 1470. The molecule has 2 N–H and O–H groups in total. The van der Waals surface area contributed by atoms with E-state index in [1.807, 2.05) is 4.90 Å². The highest BCUT2D eigenvalue weighted by Gasteiger charge is 2.41. The van der Waals surface area contributed by atoms with Crippen molar-refractivity contribution in [3.63, 3.8) is 0 Å². The van der Waals surface area contributed by atoms with Gasteiger partial charge in [0.05, 0.1) is 11.9 Å². The lowest BCUT2D eigenvalue weighted by Gasteiger charge is -2.36. The van der Waals surface area contributed by atoms with Gasteiger partial charge in [-0.05, 0) is 29.8 Å². The number of oxazole rings is 1. The Kier molecular flexibility index (Phi) is 7.52. The lowest BCUT2D eigenvalue weighted by Crippen LogP contribution is -2.50. The third kappa shape index (κ3) is 5.81. The zero-order valence-electron chi connectivity index (χ0n) is 21.0. The van der Waals surface area contributed by atoms with Crippen molar-refractivity contribution in [3.8, 4) is 11.5 Å². The second-order valence-electron chi connectivity index (χ2n) is 9.05. The standard InChI is InChI=1S/C28H24F3N5O4/c29-28(30,31)24-23(40-26(34-24)19-9-5-2-6-10-19)25(38)33-20-11-12-21(32-17-20)35-13-15-36(16-14-35)27(39)22(37)18-7-3-1-4-8-18/h1-12,17,22,37H,13-16H2,(H,33,38). The number of carbonyl (C=O) groups is 2. The minimum atomic E-state index is -4.90. The summed E-state index contributed by atoms with van der Waals surface area (Å²) in [6.07, 6.45) is -4.81. The average molecular weight is 552 g/mol. The summed E-state index contributed by atoms with van der Waals surface area (Å²) in [4.78, 5) is 36.8. The molecule has 9 nitrogen and oxygen atoms in total. The van der Waals surface area contributed by atoms with Gasteiger partial charge < -0.3 is 24.6 Å². The van der Waals surface area contributed by atoms with Gasteiger partial charge in [0, 0.05) is 31.7 Å². The molecule has 2 aromatic carbocycles. The molecule has 0 saturated carbocycles. The second-order valence-corrected chi connectivity index (χ2v) is 9.05. The number of nitrogens with one attached hydrogen (secondary N) is 1. The number of hydrogen-bond acceptors (Lipinski definition) is 7. The van der Waals surface area contributed by atoms with Crippen LogP contribution in [0.25, 0.3) is 11.5 Å². The molecule has 12 heteroatoms. The Morgan fingerprint density at radius 3 is 2.17 bits per heavy atom. The highest BCUT2D eigenvalue weighted by Crippen LogP contribution is 2.35. The molecule has 0 radical (unpaired) electrons. The number of rotatable bonds is 6. The Morgan fingerprint density at radius 1 is 0.925 bits per heavy atom. The summed E-state index contributed by atoms with van der Waals surface area (Å²) in [6.45, 7) is 1.67. The van der Waals surface area contributed by atoms with Crippen molar-refractivity contribution >= 4 is 23.3 Å². The molecular formula is C28H24F3N5O4. The number of piperazine rings is 1. The van der Waals surface area contributed by atoms with Gasteiger partial charge in [0.25, 0.3) is 11.8 Å². The SMILES string of the molecule is O=C(Nc1ccc(N2CCN(C(=O)C(O)c3ccccc3)CC2)nc1)c1oc(-c2ccccc2)nc1C(F)(F)F. The zero-order valence-corrected chi connectivity index (χ0v) is 21.0. The summed E-state index contributed by atoms with van der Waals surface area (Å²) in [5.74, 6) is -2.19. The summed E-state index contributed by atoms with van der Waals surface area (Å²) < 4.78 is 46.0. The molecule has 3 heterocycles. The number of amides is 2. The monoisotopic (exact) mass is 551 g/mol. The predicted octanol–water partition coefficient (Wildman–Crippen LogP) is 4.39. The molecule has 1 atom stereocenters. The molecular weight excluding hydrogens is 527 g/mol. The number of nitrogens with zero attached hydrogens (tertiary/aromatic N) is 4. The van der Waals surface area contributed by atoms with Gasteiger partial charge in [-0.1, -0.05) is 48.5 Å². The molecule has 0 spiro atoms. The lowest BCUT2D eigenvalue weighted by atomic mass is 10.1. The topological polar surface area (TPSA) is 112 Å². The largest absolute Gasteiger partial charge is 0.437 e. The van der Waals surface area contributed by atoms with Crippen LogP contribution in [0.3, 0.4) is 0 Å². The zero-order chi connectivity index (χ0) is 28.3. The van der Waals surface area contributed by atoms with Gasteiger partial charge in [-0.3, -0.25) is 9.59 Å². The third-order valence-electron chi connectivity index (χ3n) is 6.39. The number of carbonyl (C=O) groups excluding carboxylic acids is 2. The summed E-state index contributed by atoms with van der Waals surface area (Å²) in [5, 5.41) is 12.8. The van der Waals surface area contributed by atoms with E-state index in [9.17, 15) is 27.9 Å². The summed E-state index contributed by atoms with van der Waals surface area (Å²) >= 11 is 0. The smallest absolute Gasteiger partial charge is 0.430 e. The van der Waals surface area contributed by atoms with Crippen LogP contribution in [0, 0.1) is 0 Å². The number of aliphatic hydroxyl groups excluding tert-OH is 1. The first-order valence-electron chi connectivity index (χ1n) is 12.4. The second kappa shape index (κ2) is 11.2. The van der Waals surface area contributed by atoms with Crippen LogP contribution in [0.4, 0.5) is 24.7 Å². The summed E-state index contributed by atoms with van der Waals surface area (Å²) in [7, 11) is 0. The summed E-state index contributed by atoms with van der Waals surface area (Å²) in [5.41, 5.74) is -0.426. The minimum Gasteiger partial charge on any atom is -0.430 e. The number of hydrogen-bond donors (Lipinski definition) is 2. The van der Waals surface area contributed by atoms with Crippen LogP contribution in [0.2, 0.25) is 0 Å². The third-order valence-corrected chi connectivity index (χ3v) is 6.39. The van der Waals surface area contributed by atoms with Crippen LogP contribution in [0.1, 0.15) is 27.9 Å². The van der Waals surface area contributed by atoms with E-state index in [0.29, 0.717) is 43.1 Å². The Morgan fingerprint density at radius 2 is 1.57 bits per heavy atom. The highest BCUT2D eigenvalue weighted by atomic mass is 19.4. The average Bonchev–Trinajstić information content (AvgIpc) is 3.45. The van der Waals surface area contributed by atoms with Crippen molar-refractivity contribution in [2.24, 2.45) is 0 Å². The normalized spacial score (nSPS) is 14.6. The highest BCUT2D eigenvalue weighted by molar-refractivity contribution is 6.03. The summed E-state index contributed by atoms with van der Waals surface area (Å²) in [6, 6.07) is 19.8. The van der Waals surface area contributed by atoms with Gasteiger partial charge in [-0.25, -0.2) is 9.97 Å². The molecule has 2 amide bonds. The number of pyridine rings is 1. The van der Waals surface area contributed by atoms with Gasteiger partial charge in [0.1, 0.15) is 5.82 Å². The minimum absolute atomic E-state index is 0.166. The van der Waals surface area contributed by atoms with Crippen molar-refractivity contribution in [1.29, 1.82) is 0 Å². The van der Waals surface area contributed by atoms with Crippen LogP contribution < -0.4 is 10.2 Å². The number of aromatic nitrogens is 2. The van der Waals surface area contributed by atoms with Crippen molar-refractivity contribution in [2.45, 2.75) is 12.3 Å². The first-order chi connectivity index (χ1) is 19.2. The maximum Gasteiger partial charge on any atom is 0.437 e. The van der Waals surface area contributed by atoms with Gasteiger partial charge >= 0.3 is 6.18 Å². The molecule has 1 aliphatic rings. The van der Waals surface area contributed by atoms with Gasteiger partial charge in [-0.2, -0.15) is 13.2 Å². The first kappa shape index (κ1) is 26.9. The van der Waals surface area contributed by atoms with Gasteiger partial charge in [0.15, 0.2) is 11.8 Å². The number of benzene rings is 2. The molecule has 5 rings (SSSR count). The lowest BCUT2D eigenvalue weighted by molar-refractivity contribution is -0.142. The van der Waals surface area contributed by atoms with E-state index in [1.54, 1.807) is 59.5 Å². The molecule has 0 bridgehead atoms. The molecule has 1 unspecified atom stereocenters. The van der Waals surface area contributed by atoms with Crippen molar-refractivity contribution in [1.82, 2.24) is 14.9 Å². The van der Waals surface area contributed by atoms with Crippen molar-refractivity contribution < 1.29 is 32.3 Å². The Labute approximate surface area is 226 Å². The van der Waals surface area contributed by atoms with Gasteiger partial charge in [0.2, 0.25) is 11.7 Å². The van der Waals surface area contributed by atoms with E-state index in [-0.39, 0.29) is 17.5 Å². The molecule has 206 valence electrons. The number of alkyl halides is 3. The van der Waals surface area contributed by atoms with Crippen molar-refractivity contribution in [2.75, 3.05) is 36.4 Å². The fourth-order valence-corrected chi connectivity index (χ4v) is 4.31. The van der Waals surface area contributed by atoms with Crippen LogP contribution in [-0.4, -0.2) is 58.0 Å². The molecule has 1 aliphatic heterocycles. The van der Waals surface area contributed by atoms with E-state index in [0.717, 1.165) is 0 Å². The van der Waals surface area contributed by atoms with Crippen LogP contribution in [0.5, 0.6) is 0 Å². The number of anilines is 2. The molecule has 4 aromatic rings. The Hall–Kier alpha value is -4.71. The number of aliphatic hydroxyl groups is 1. The fourth-order valence-electron chi connectivity index (χ4n) is 4.31. The quantitative estimate of drug-likeness (QED) is 0.366. The number of halogens is 3. The van der Waals surface area contributed by atoms with Crippen LogP contribution in [-0.2, 0) is 11.0 Å². The van der Waals surface area contributed by atoms with E-state index in [2.05, 4.69) is 15.3 Å². The van der Waals surface area contributed by atoms with E-state index >= 15 is 0 Å². The molecule has 0 aliphatic carbocycles. The van der Waals surface area contributed by atoms with E-state index in [4.69, 9.17) is 4.42 Å². The van der Waals surface area contributed by atoms with Crippen molar-refractivity contribution in [3.05, 3.63) is 96.0 Å². The van der Waals surface area contributed by atoms with Crippen LogP contribution >= 0.6 is 0 Å². The molecule has 1 fully saturated rings. The molecule has 2 aromatic heterocycles. The molecule has 40 heavy (non-hydrogen) atoms. The van der Waals surface area contributed by atoms with Crippen LogP contribution in [0.15, 0.2) is 83.4 Å². The molecule has 1 saturated heterocycles. The predicted molar refractivity (Wildman–Crippen MR) is 139 cm³/mol. The van der Waals surface area contributed by atoms with Gasteiger partial charge in [-0.15, -0.1) is 0 Å².